The summed E-state index contributed by atoms with van der Waals surface area (Å²) in [5.74, 6) is -0.216. The van der Waals surface area contributed by atoms with Gasteiger partial charge in [0.1, 0.15) is 0 Å². The van der Waals surface area contributed by atoms with Crippen molar-refractivity contribution in [3.63, 3.8) is 0 Å². The maximum atomic E-state index is 12.7. The summed E-state index contributed by atoms with van der Waals surface area (Å²) in [7, 11) is -1.94. The van der Waals surface area contributed by atoms with Gasteiger partial charge in [-0.25, -0.2) is 8.42 Å². The minimum atomic E-state index is -4.39. The minimum absolute atomic E-state index is 0.0706. The molecule has 0 aliphatic carbocycles. The van der Waals surface area contributed by atoms with E-state index in [0.717, 1.165) is 31.4 Å². The summed E-state index contributed by atoms with van der Waals surface area (Å²) < 4.78 is 64.9. The van der Waals surface area contributed by atoms with Gasteiger partial charge in [-0.2, -0.15) is 17.5 Å². The Kier molecular flexibility index (Phi) is 7.06. The highest BCUT2D eigenvalue weighted by Gasteiger charge is 2.30. The van der Waals surface area contributed by atoms with Crippen LogP contribution in [0.4, 0.5) is 13.2 Å². The molecule has 2 aromatic carbocycles. The zero-order valence-corrected chi connectivity index (χ0v) is 18.0. The summed E-state index contributed by atoms with van der Waals surface area (Å²) in [6, 6.07) is 11.0. The summed E-state index contributed by atoms with van der Waals surface area (Å²) in [4.78, 5) is 14.1. The molecule has 0 radical (unpaired) electrons. The lowest BCUT2D eigenvalue weighted by atomic mass is 10.1. The number of sulfonamides is 1. The molecule has 1 heterocycles. The van der Waals surface area contributed by atoms with Crippen LogP contribution in [-0.4, -0.2) is 43.7 Å². The van der Waals surface area contributed by atoms with Crippen molar-refractivity contribution in [3.05, 3.63) is 65.2 Å². The third-order valence-electron chi connectivity index (χ3n) is 5.36. The summed E-state index contributed by atoms with van der Waals surface area (Å²) in [5.41, 5.74) is 0.526. The first-order valence-electron chi connectivity index (χ1n) is 10.1. The molecule has 31 heavy (non-hydrogen) atoms. The number of alkyl halides is 3. The molecule has 0 atom stereocenters. The van der Waals surface area contributed by atoms with Crippen LogP contribution in [0.25, 0.3) is 0 Å². The zero-order chi connectivity index (χ0) is 22.6. The standard InChI is InChI=1S/C22H25F3N2O3S/c1-26(16-18-5-9-19(10-6-18)22(23,24)25)21(28)15-17-7-11-20(12-8-17)31(29,30)27-13-3-2-4-14-27/h5-12H,2-4,13-16H2,1H3. The van der Waals surface area contributed by atoms with Crippen molar-refractivity contribution >= 4 is 15.9 Å². The summed E-state index contributed by atoms with van der Waals surface area (Å²) >= 11 is 0. The number of piperidine rings is 1. The lowest BCUT2D eigenvalue weighted by molar-refractivity contribution is -0.137. The molecule has 0 spiro atoms. The minimum Gasteiger partial charge on any atom is -0.341 e. The van der Waals surface area contributed by atoms with E-state index in [0.29, 0.717) is 24.2 Å². The van der Waals surface area contributed by atoms with Crippen LogP contribution in [0.15, 0.2) is 53.4 Å². The molecule has 0 aromatic heterocycles. The van der Waals surface area contributed by atoms with Crippen LogP contribution in [-0.2, 0) is 34.0 Å². The highest BCUT2D eigenvalue weighted by Crippen LogP contribution is 2.29. The van der Waals surface area contributed by atoms with E-state index in [1.54, 1.807) is 19.2 Å². The first-order valence-corrected chi connectivity index (χ1v) is 11.5. The molecule has 1 aliphatic rings. The summed E-state index contributed by atoms with van der Waals surface area (Å²) in [6.07, 6.45) is -1.57. The predicted molar refractivity (Wildman–Crippen MR) is 111 cm³/mol. The lowest BCUT2D eigenvalue weighted by Gasteiger charge is -2.25. The quantitative estimate of drug-likeness (QED) is 0.661. The first-order chi connectivity index (χ1) is 14.6. The van der Waals surface area contributed by atoms with Gasteiger partial charge in [-0.3, -0.25) is 4.79 Å². The van der Waals surface area contributed by atoms with E-state index >= 15 is 0 Å². The number of halogens is 3. The number of carbonyl (C=O) groups is 1. The molecule has 1 amide bonds. The fraction of sp³-hybridized carbons (Fsp3) is 0.409. The predicted octanol–water partition coefficient (Wildman–Crippen LogP) is 4.08. The van der Waals surface area contributed by atoms with Crippen molar-refractivity contribution in [2.45, 2.75) is 43.3 Å². The Morgan fingerprint density at radius 3 is 2.03 bits per heavy atom. The first kappa shape index (κ1) is 23.3. The number of hydrogen-bond acceptors (Lipinski definition) is 3. The van der Waals surface area contributed by atoms with Crippen molar-refractivity contribution in [1.29, 1.82) is 0 Å². The maximum absolute atomic E-state index is 12.7. The second-order valence-corrected chi connectivity index (χ2v) is 9.67. The SMILES string of the molecule is CN(Cc1ccc(C(F)(F)F)cc1)C(=O)Cc1ccc(S(=O)(=O)N2CCCCC2)cc1. The van der Waals surface area contributed by atoms with Gasteiger partial charge in [0.05, 0.1) is 16.9 Å². The van der Waals surface area contributed by atoms with Crippen LogP contribution in [0.2, 0.25) is 0 Å². The molecular weight excluding hydrogens is 429 g/mol. The molecular formula is C22H25F3N2O3S. The number of rotatable bonds is 6. The second-order valence-electron chi connectivity index (χ2n) is 7.73. The van der Waals surface area contributed by atoms with Gasteiger partial charge >= 0.3 is 6.18 Å². The summed E-state index contributed by atoms with van der Waals surface area (Å²) in [5, 5.41) is 0. The third-order valence-corrected chi connectivity index (χ3v) is 7.27. The van der Waals surface area contributed by atoms with Gasteiger partial charge in [-0.15, -0.1) is 0 Å². The Morgan fingerprint density at radius 1 is 0.935 bits per heavy atom. The van der Waals surface area contributed by atoms with Crippen molar-refractivity contribution < 1.29 is 26.4 Å². The van der Waals surface area contributed by atoms with E-state index in [1.807, 2.05) is 0 Å². The molecule has 0 unspecified atom stereocenters. The summed E-state index contributed by atoms with van der Waals surface area (Å²) in [6.45, 7) is 1.23. The van der Waals surface area contributed by atoms with Crippen LogP contribution in [0.5, 0.6) is 0 Å². The molecule has 0 bridgehead atoms. The molecule has 3 rings (SSSR count). The van der Waals surface area contributed by atoms with Crippen LogP contribution in [0.1, 0.15) is 36.0 Å². The van der Waals surface area contributed by atoms with Crippen molar-refractivity contribution in [1.82, 2.24) is 9.21 Å². The smallest absolute Gasteiger partial charge is 0.341 e. The van der Waals surface area contributed by atoms with Gasteiger partial charge in [0.2, 0.25) is 15.9 Å². The van der Waals surface area contributed by atoms with Crippen molar-refractivity contribution in [2.75, 3.05) is 20.1 Å². The monoisotopic (exact) mass is 454 g/mol. The molecule has 2 aromatic rings. The van der Waals surface area contributed by atoms with E-state index in [2.05, 4.69) is 0 Å². The largest absolute Gasteiger partial charge is 0.416 e. The van der Waals surface area contributed by atoms with Gasteiger partial charge < -0.3 is 4.90 Å². The molecule has 9 heteroatoms. The van der Waals surface area contributed by atoms with E-state index in [-0.39, 0.29) is 23.8 Å². The normalized spacial score (nSPS) is 15.6. The Bertz CT molecular complexity index is 998. The van der Waals surface area contributed by atoms with E-state index in [1.165, 1.54) is 33.5 Å². The fourth-order valence-electron chi connectivity index (χ4n) is 3.50. The number of benzene rings is 2. The van der Waals surface area contributed by atoms with Gasteiger partial charge in [0.25, 0.3) is 0 Å². The fourth-order valence-corrected chi connectivity index (χ4v) is 5.02. The average molecular weight is 455 g/mol. The van der Waals surface area contributed by atoms with Gasteiger partial charge in [-0.05, 0) is 48.2 Å². The van der Waals surface area contributed by atoms with Gasteiger partial charge in [0, 0.05) is 26.7 Å². The van der Waals surface area contributed by atoms with Crippen molar-refractivity contribution in [3.8, 4) is 0 Å². The van der Waals surface area contributed by atoms with E-state index in [4.69, 9.17) is 0 Å². The molecule has 1 saturated heterocycles. The zero-order valence-electron chi connectivity index (χ0n) is 17.2. The van der Waals surface area contributed by atoms with Crippen LogP contribution < -0.4 is 0 Å². The number of nitrogens with zero attached hydrogens (tertiary/aromatic N) is 2. The van der Waals surface area contributed by atoms with Crippen LogP contribution in [0.3, 0.4) is 0 Å². The lowest BCUT2D eigenvalue weighted by Crippen LogP contribution is -2.35. The van der Waals surface area contributed by atoms with Gasteiger partial charge in [-0.1, -0.05) is 30.7 Å². The molecule has 0 N–H and O–H groups in total. The molecule has 1 aliphatic heterocycles. The Hall–Kier alpha value is -2.39. The Labute approximate surface area is 180 Å². The van der Waals surface area contributed by atoms with Crippen LogP contribution >= 0.6 is 0 Å². The second kappa shape index (κ2) is 9.40. The maximum Gasteiger partial charge on any atom is 0.416 e. The molecule has 168 valence electrons. The van der Waals surface area contributed by atoms with Gasteiger partial charge in [0.15, 0.2) is 0 Å². The highest BCUT2D eigenvalue weighted by molar-refractivity contribution is 7.89. The number of amides is 1. The Morgan fingerprint density at radius 2 is 1.48 bits per heavy atom. The topological polar surface area (TPSA) is 57.7 Å². The highest BCUT2D eigenvalue weighted by atomic mass is 32.2. The third kappa shape index (κ3) is 5.86. The van der Waals surface area contributed by atoms with Crippen LogP contribution in [0, 0.1) is 0 Å². The average Bonchev–Trinajstić information content (AvgIpc) is 2.74. The molecule has 5 nitrogen and oxygen atoms in total. The van der Waals surface area contributed by atoms with Crippen molar-refractivity contribution in [2.24, 2.45) is 0 Å². The molecule has 1 fully saturated rings. The molecule has 0 saturated carbocycles. The number of hydrogen-bond donors (Lipinski definition) is 0. The number of likely N-dealkylation sites (N-methyl/N-ethyl adjacent to an activating group) is 1. The van der Waals surface area contributed by atoms with E-state index < -0.39 is 21.8 Å². The Balaban J connectivity index is 1.59. The van der Waals surface area contributed by atoms with E-state index in [9.17, 15) is 26.4 Å². The number of carbonyl (C=O) groups excluding carboxylic acids is 1.